The summed E-state index contributed by atoms with van der Waals surface area (Å²) in [5.41, 5.74) is 2.26. The van der Waals surface area contributed by atoms with Gasteiger partial charge in [0.2, 0.25) is 5.91 Å². The molecule has 0 aliphatic heterocycles. The van der Waals surface area contributed by atoms with Crippen molar-refractivity contribution in [3.63, 3.8) is 0 Å². The Labute approximate surface area is 134 Å². The molecule has 7 nitrogen and oxygen atoms in total. The van der Waals surface area contributed by atoms with E-state index in [1.54, 1.807) is 6.07 Å². The molecule has 0 atom stereocenters. The normalized spacial score (nSPS) is 10.5. The van der Waals surface area contributed by atoms with Crippen LogP contribution in [-0.2, 0) is 24.2 Å². The molecular formula is C16H21N3O4. The standard InChI is InChI=1S/C16H21N3O4/c1-3-13-12(14(4-2)23-19-13)9-18-15(20)5-7-17-16(21)11-6-8-22-10-11/h6,8,10H,3-5,7,9H2,1-2H3,(H,17,21)(H,18,20). The van der Waals surface area contributed by atoms with Gasteiger partial charge in [-0.3, -0.25) is 9.59 Å². The summed E-state index contributed by atoms with van der Waals surface area (Å²) < 4.78 is 10.1. The fourth-order valence-corrected chi connectivity index (χ4v) is 2.20. The molecule has 2 aromatic heterocycles. The van der Waals surface area contributed by atoms with Gasteiger partial charge in [-0.25, -0.2) is 0 Å². The summed E-state index contributed by atoms with van der Waals surface area (Å²) in [4.78, 5) is 23.5. The van der Waals surface area contributed by atoms with Crippen LogP contribution in [0.15, 0.2) is 27.5 Å². The van der Waals surface area contributed by atoms with E-state index in [4.69, 9.17) is 8.94 Å². The molecule has 2 aromatic rings. The van der Waals surface area contributed by atoms with Gasteiger partial charge in [-0.15, -0.1) is 0 Å². The first kappa shape index (κ1) is 16.8. The van der Waals surface area contributed by atoms with Crippen molar-refractivity contribution in [3.8, 4) is 0 Å². The average Bonchev–Trinajstić information content (AvgIpc) is 3.21. The lowest BCUT2D eigenvalue weighted by molar-refractivity contribution is -0.121. The molecule has 2 amide bonds. The van der Waals surface area contributed by atoms with E-state index >= 15 is 0 Å². The quantitative estimate of drug-likeness (QED) is 0.773. The maximum Gasteiger partial charge on any atom is 0.254 e. The molecule has 2 heterocycles. The van der Waals surface area contributed by atoms with Crippen molar-refractivity contribution in [2.75, 3.05) is 6.54 Å². The highest BCUT2D eigenvalue weighted by molar-refractivity contribution is 5.94. The van der Waals surface area contributed by atoms with Gasteiger partial charge in [-0.1, -0.05) is 19.0 Å². The first-order valence-corrected chi connectivity index (χ1v) is 7.69. The number of aromatic nitrogens is 1. The zero-order valence-electron chi connectivity index (χ0n) is 13.3. The van der Waals surface area contributed by atoms with E-state index in [2.05, 4.69) is 15.8 Å². The Morgan fingerprint density at radius 1 is 1.22 bits per heavy atom. The lowest BCUT2D eigenvalue weighted by Gasteiger charge is -2.07. The van der Waals surface area contributed by atoms with Gasteiger partial charge in [-0.05, 0) is 12.5 Å². The van der Waals surface area contributed by atoms with Crippen molar-refractivity contribution in [2.24, 2.45) is 0 Å². The summed E-state index contributed by atoms with van der Waals surface area (Å²) in [5.74, 6) is 0.408. The van der Waals surface area contributed by atoms with Crippen LogP contribution in [0.25, 0.3) is 0 Å². The number of rotatable bonds is 8. The molecule has 0 saturated carbocycles. The smallest absolute Gasteiger partial charge is 0.254 e. The highest BCUT2D eigenvalue weighted by Gasteiger charge is 2.14. The van der Waals surface area contributed by atoms with Gasteiger partial charge in [0.25, 0.3) is 5.91 Å². The molecule has 0 spiro atoms. The first-order valence-electron chi connectivity index (χ1n) is 7.69. The monoisotopic (exact) mass is 319 g/mol. The van der Waals surface area contributed by atoms with E-state index in [1.165, 1.54) is 12.5 Å². The molecule has 23 heavy (non-hydrogen) atoms. The number of carbonyl (C=O) groups is 2. The predicted molar refractivity (Wildman–Crippen MR) is 82.8 cm³/mol. The zero-order valence-corrected chi connectivity index (χ0v) is 13.3. The number of amides is 2. The lowest BCUT2D eigenvalue weighted by Crippen LogP contribution is -2.30. The van der Waals surface area contributed by atoms with E-state index in [0.717, 1.165) is 29.9 Å². The Kier molecular flexibility index (Phi) is 5.96. The molecule has 0 radical (unpaired) electrons. The maximum absolute atomic E-state index is 11.9. The van der Waals surface area contributed by atoms with Crippen LogP contribution in [-0.4, -0.2) is 23.5 Å². The summed E-state index contributed by atoms with van der Waals surface area (Å²) in [6.45, 7) is 4.63. The van der Waals surface area contributed by atoms with Crippen molar-refractivity contribution >= 4 is 11.8 Å². The second-order valence-electron chi connectivity index (χ2n) is 5.03. The Hall–Kier alpha value is -2.57. The molecule has 0 aliphatic rings. The van der Waals surface area contributed by atoms with Crippen LogP contribution in [0.3, 0.4) is 0 Å². The summed E-state index contributed by atoms with van der Waals surface area (Å²) in [6, 6.07) is 1.57. The first-order chi connectivity index (χ1) is 11.2. The van der Waals surface area contributed by atoms with Gasteiger partial charge < -0.3 is 19.6 Å². The minimum atomic E-state index is -0.257. The summed E-state index contributed by atoms with van der Waals surface area (Å²) >= 11 is 0. The molecule has 7 heteroatoms. The van der Waals surface area contributed by atoms with Crippen molar-refractivity contribution in [2.45, 2.75) is 39.7 Å². The number of hydrogen-bond acceptors (Lipinski definition) is 5. The second kappa shape index (κ2) is 8.17. The fraction of sp³-hybridized carbons (Fsp3) is 0.438. The third-order valence-electron chi connectivity index (χ3n) is 3.49. The largest absolute Gasteiger partial charge is 0.472 e. The van der Waals surface area contributed by atoms with Crippen LogP contribution in [0.4, 0.5) is 0 Å². The Morgan fingerprint density at radius 2 is 2.04 bits per heavy atom. The van der Waals surface area contributed by atoms with Gasteiger partial charge in [0.05, 0.1) is 17.5 Å². The van der Waals surface area contributed by atoms with Crippen LogP contribution < -0.4 is 10.6 Å². The Bertz CT molecular complexity index is 625. The summed E-state index contributed by atoms with van der Waals surface area (Å²) in [7, 11) is 0. The predicted octanol–water partition coefficient (Wildman–Crippen LogP) is 1.83. The molecule has 0 aliphatic carbocycles. The van der Waals surface area contributed by atoms with Gasteiger partial charge >= 0.3 is 0 Å². The number of hydrogen-bond donors (Lipinski definition) is 2. The molecule has 124 valence electrons. The maximum atomic E-state index is 11.9. The van der Waals surface area contributed by atoms with Crippen LogP contribution in [0.2, 0.25) is 0 Å². The van der Waals surface area contributed by atoms with Gasteiger partial charge in [0.15, 0.2) is 0 Å². The number of nitrogens with one attached hydrogen (secondary N) is 2. The molecule has 0 saturated heterocycles. The highest BCUT2D eigenvalue weighted by atomic mass is 16.5. The fourth-order valence-electron chi connectivity index (χ4n) is 2.20. The van der Waals surface area contributed by atoms with Gasteiger partial charge in [-0.2, -0.15) is 0 Å². The number of nitrogens with zero attached hydrogens (tertiary/aromatic N) is 1. The summed E-state index contributed by atoms with van der Waals surface area (Å²) in [5, 5.41) is 9.50. The minimum absolute atomic E-state index is 0.136. The van der Waals surface area contributed by atoms with Crippen LogP contribution in [0.1, 0.15) is 47.6 Å². The SMILES string of the molecule is CCc1noc(CC)c1CNC(=O)CCNC(=O)c1ccoc1. The second-order valence-corrected chi connectivity index (χ2v) is 5.03. The third-order valence-corrected chi connectivity index (χ3v) is 3.49. The topological polar surface area (TPSA) is 97.4 Å². The molecule has 2 rings (SSSR count). The molecule has 0 fully saturated rings. The van der Waals surface area contributed by atoms with E-state index in [-0.39, 0.29) is 24.8 Å². The number of furan rings is 1. The van der Waals surface area contributed by atoms with Crippen molar-refractivity contribution in [3.05, 3.63) is 41.2 Å². The summed E-state index contributed by atoms with van der Waals surface area (Å²) in [6.07, 6.45) is 4.49. The Balaban J connectivity index is 1.75. The number of carbonyl (C=O) groups excluding carboxylic acids is 2. The van der Waals surface area contributed by atoms with Crippen molar-refractivity contribution in [1.29, 1.82) is 0 Å². The molecule has 0 unspecified atom stereocenters. The minimum Gasteiger partial charge on any atom is -0.472 e. The van der Waals surface area contributed by atoms with Gasteiger partial charge in [0, 0.05) is 31.5 Å². The third kappa shape index (κ3) is 4.45. The zero-order chi connectivity index (χ0) is 16.7. The highest BCUT2D eigenvalue weighted by Crippen LogP contribution is 2.15. The molecular weight excluding hydrogens is 298 g/mol. The van der Waals surface area contributed by atoms with E-state index in [0.29, 0.717) is 12.1 Å². The van der Waals surface area contributed by atoms with Crippen LogP contribution in [0.5, 0.6) is 0 Å². The van der Waals surface area contributed by atoms with E-state index in [9.17, 15) is 9.59 Å². The molecule has 0 bridgehead atoms. The van der Waals surface area contributed by atoms with Crippen molar-refractivity contribution < 1.29 is 18.5 Å². The van der Waals surface area contributed by atoms with Crippen LogP contribution >= 0.6 is 0 Å². The van der Waals surface area contributed by atoms with Crippen molar-refractivity contribution in [1.82, 2.24) is 15.8 Å². The van der Waals surface area contributed by atoms with Crippen LogP contribution in [0, 0.1) is 0 Å². The molecule has 2 N–H and O–H groups in total. The number of aryl methyl sites for hydroxylation is 2. The Morgan fingerprint density at radius 3 is 2.70 bits per heavy atom. The lowest BCUT2D eigenvalue weighted by atomic mass is 10.1. The van der Waals surface area contributed by atoms with Gasteiger partial charge in [0.1, 0.15) is 12.0 Å². The van der Waals surface area contributed by atoms with E-state index < -0.39 is 0 Å². The van der Waals surface area contributed by atoms with E-state index in [1.807, 2.05) is 13.8 Å². The average molecular weight is 319 g/mol. The molecule has 0 aromatic carbocycles.